The Labute approximate surface area is 59.7 Å². The molecule has 0 radical (unpaired) electrons. The summed E-state index contributed by atoms with van der Waals surface area (Å²) in [5, 5.41) is 8.03. The Morgan fingerprint density at radius 1 is 1.20 bits per heavy atom. The molecule has 1 heterocycles. The van der Waals surface area contributed by atoms with Gasteiger partial charge in [0, 0.05) is 7.05 Å². The van der Waals surface area contributed by atoms with E-state index in [2.05, 4.69) is 23.4 Å². The van der Waals surface area contributed by atoms with E-state index in [0.717, 1.165) is 11.4 Å². The molecule has 52 valence electrons. The minimum atomic E-state index is 0.775. The number of aryl methyl sites for hydroxylation is 1. The van der Waals surface area contributed by atoms with Crippen LogP contribution in [0.5, 0.6) is 0 Å². The fourth-order valence-corrected chi connectivity index (χ4v) is 0.727. The lowest BCUT2D eigenvalue weighted by atomic mass is 10.3. The summed E-state index contributed by atoms with van der Waals surface area (Å²) in [7, 11) is 1.76. The van der Waals surface area contributed by atoms with Crippen LogP contribution in [0.3, 0.4) is 0 Å². The first-order chi connectivity index (χ1) is 4.77. The van der Waals surface area contributed by atoms with Gasteiger partial charge in [0.25, 0.3) is 0 Å². The van der Waals surface area contributed by atoms with Gasteiger partial charge in [0.05, 0.1) is 0 Å². The molecule has 10 heavy (non-hydrogen) atoms. The summed E-state index contributed by atoms with van der Waals surface area (Å²) in [5.74, 6) is 0. The minimum Gasteiger partial charge on any atom is -0.187 e. The molecule has 0 aliphatic carbocycles. The molecule has 0 spiro atoms. The lowest BCUT2D eigenvalue weighted by Crippen LogP contribution is -1.91. The molecule has 3 heteroatoms. The van der Waals surface area contributed by atoms with E-state index in [9.17, 15) is 0 Å². The second-order valence-corrected chi connectivity index (χ2v) is 1.87. The summed E-state index contributed by atoms with van der Waals surface area (Å²) in [5.41, 5.74) is 1.55. The molecule has 0 bridgehead atoms. The molecule has 0 atom stereocenters. The van der Waals surface area contributed by atoms with E-state index in [1.54, 1.807) is 19.2 Å². The fourth-order valence-electron chi connectivity index (χ4n) is 0.727. The number of hydrogen-bond acceptors (Lipinski definition) is 2. The molecule has 0 saturated heterocycles. The molecule has 1 aromatic heterocycles. The third kappa shape index (κ3) is 0.978. The van der Waals surface area contributed by atoms with E-state index in [4.69, 9.17) is 0 Å². The van der Waals surface area contributed by atoms with Gasteiger partial charge in [0.1, 0.15) is 11.4 Å². The van der Waals surface area contributed by atoms with Crippen LogP contribution in [-0.2, 0) is 7.05 Å². The van der Waals surface area contributed by atoms with Crippen molar-refractivity contribution in [1.82, 2.24) is 15.0 Å². The third-order valence-electron chi connectivity index (χ3n) is 1.15. The lowest BCUT2D eigenvalue weighted by Gasteiger charge is -1.79. The summed E-state index contributed by atoms with van der Waals surface area (Å²) in [6.07, 6.45) is 3.31. The van der Waals surface area contributed by atoms with Gasteiger partial charge in [0.15, 0.2) is 0 Å². The molecule has 0 unspecified atom stereocenters. The summed E-state index contributed by atoms with van der Waals surface area (Å²) >= 11 is 0. The molecule has 0 aliphatic heterocycles. The van der Waals surface area contributed by atoms with Gasteiger partial charge < -0.3 is 0 Å². The zero-order valence-corrected chi connectivity index (χ0v) is 5.91. The van der Waals surface area contributed by atoms with E-state index in [-0.39, 0.29) is 0 Å². The zero-order valence-electron chi connectivity index (χ0n) is 5.91. The molecular weight excluding hydrogens is 126 g/mol. The van der Waals surface area contributed by atoms with Crippen LogP contribution >= 0.6 is 0 Å². The topological polar surface area (TPSA) is 30.7 Å². The summed E-state index contributed by atoms with van der Waals surface area (Å²) in [6, 6.07) is 0. The van der Waals surface area contributed by atoms with Gasteiger partial charge in [-0.15, -0.1) is 0 Å². The van der Waals surface area contributed by atoms with Crippen molar-refractivity contribution in [2.24, 2.45) is 7.05 Å². The SMILES string of the molecule is C=Cc1nn(C)nc1C=C. The van der Waals surface area contributed by atoms with Crippen LogP contribution < -0.4 is 0 Å². The standard InChI is InChI=1S/C7H9N3/c1-4-6-7(5-2)9-10(3)8-6/h4-5H,1-2H2,3H3. The Kier molecular flexibility index (Phi) is 1.67. The lowest BCUT2D eigenvalue weighted by molar-refractivity contribution is 0.651. The Hall–Kier alpha value is -1.38. The first kappa shape index (κ1) is 6.74. The Bertz CT molecular complexity index is 234. The molecule has 0 fully saturated rings. The Balaban J connectivity index is 3.20. The van der Waals surface area contributed by atoms with E-state index in [1.165, 1.54) is 4.80 Å². The van der Waals surface area contributed by atoms with E-state index in [0.29, 0.717) is 0 Å². The maximum Gasteiger partial charge on any atom is 0.112 e. The molecule has 0 aromatic carbocycles. The second kappa shape index (κ2) is 2.47. The van der Waals surface area contributed by atoms with Crippen LogP contribution in [0.1, 0.15) is 11.4 Å². The van der Waals surface area contributed by atoms with Crippen LogP contribution in [0.2, 0.25) is 0 Å². The molecule has 0 aliphatic rings. The van der Waals surface area contributed by atoms with E-state index < -0.39 is 0 Å². The number of hydrogen-bond donors (Lipinski definition) is 0. The smallest absolute Gasteiger partial charge is 0.112 e. The minimum absolute atomic E-state index is 0.775. The maximum atomic E-state index is 4.02. The molecule has 0 amide bonds. The van der Waals surface area contributed by atoms with Crippen molar-refractivity contribution in [3.8, 4) is 0 Å². The van der Waals surface area contributed by atoms with Crippen LogP contribution in [-0.4, -0.2) is 15.0 Å². The van der Waals surface area contributed by atoms with Gasteiger partial charge in [0.2, 0.25) is 0 Å². The highest BCUT2D eigenvalue weighted by Gasteiger charge is 1.99. The molecule has 1 rings (SSSR count). The van der Waals surface area contributed by atoms with Crippen molar-refractivity contribution >= 4 is 12.2 Å². The van der Waals surface area contributed by atoms with Crippen molar-refractivity contribution in [3.05, 3.63) is 24.5 Å². The average Bonchev–Trinajstić information content (AvgIpc) is 2.30. The highest BCUT2D eigenvalue weighted by Crippen LogP contribution is 2.03. The van der Waals surface area contributed by atoms with E-state index >= 15 is 0 Å². The quantitative estimate of drug-likeness (QED) is 0.608. The zero-order chi connectivity index (χ0) is 7.56. The molecule has 0 saturated carbocycles. The normalized spacial score (nSPS) is 9.30. The summed E-state index contributed by atoms with van der Waals surface area (Å²) in [4.78, 5) is 1.49. The third-order valence-corrected chi connectivity index (χ3v) is 1.15. The van der Waals surface area contributed by atoms with Gasteiger partial charge in [-0.25, -0.2) is 0 Å². The van der Waals surface area contributed by atoms with Crippen LogP contribution in [0.25, 0.3) is 12.2 Å². The molecule has 3 nitrogen and oxygen atoms in total. The van der Waals surface area contributed by atoms with Gasteiger partial charge in [-0.2, -0.15) is 15.0 Å². The first-order valence-electron chi connectivity index (χ1n) is 2.94. The van der Waals surface area contributed by atoms with Crippen molar-refractivity contribution in [1.29, 1.82) is 0 Å². The predicted molar refractivity (Wildman–Crippen MR) is 41.2 cm³/mol. The summed E-state index contributed by atoms with van der Waals surface area (Å²) < 4.78 is 0. The number of nitrogens with zero attached hydrogens (tertiary/aromatic N) is 3. The van der Waals surface area contributed by atoms with Crippen LogP contribution in [0.4, 0.5) is 0 Å². The van der Waals surface area contributed by atoms with Gasteiger partial charge in [-0.1, -0.05) is 13.2 Å². The number of rotatable bonds is 2. The van der Waals surface area contributed by atoms with Gasteiger partial charge in [-0.05, 0) is 12.2 Å². The maximum absolute atomic E-state index is 4.02. The molecular formula is C7H9N3. The predicted octanol–water partition coefficient (Wildman–Crippen LogP) is 1.10. The number of aromatic nitrogens is 3. The van der Waals surface area contributed by atoms with Gasteiger partial charge >= 0.3 is 0 Å². The second-order valence-electron chi connectivity index (χ2n) is 1.87. The highest BCUT2D eigenvalue weighted by atomic mass is 15.5. The highest BCUT2D eigenvalue weighted by molar-refractivity contribution is 5.56. The van der Waals surface area contributed by atoms with Crippen molar-refractivity contribution in [2.45, 2.75) is 0 Å². The van der Waals surface area contributed by atoms with Gasteiger partial charge in [-0.3, -0.25) is 0 Å². The monoisotopic (exact) mass is 135 g/mol. The fraction of sp³-hybridized carbons (Fsp3) is 0.143. The van der Waals surface area contributed by atoms with E-state index in [1.807, 2.05) is 0 Å². The molecule has 1 aromatic rings. The van der Waals surface area contributed by atoms with Crippen LogP contribution in [0.15, 0.2) is 13.2 Å². The largest absolute Gasteiger partial charge is 0.187 e. The summed E-state index contributed by atoms with van der Waals surface area (Å²) in [6.45, 7) is 7.18. The van der Waals surface area contributed by atoms with Crippen molar-refractivity contribution in [2.75, 3.05) is 0 Å². The van der Waals surface area contributed by atoms with Crippen LogP contribution in [0, 0.1) is 0 Å². The Morgan fingerprint density at radius 3 is 1.90 bits per heavy atom. The molecule has 0 N–H and O–H groups in total. The van der Waals surface area contributed by atoms with Crippen molar-refractivity contribution in [3.63, 3.8) is 0 Å². The Morgan fingerprint density at radius 2 is 1.60 bits per heavy atom. The average molecular weight is 135 g/mol. The van der Waals surface area contributed by atoms with Crippen molar-refractivity contribution < 1.29 is 0 Å². The first-order valence-corrected chi connectivity index (χ1v) is 2.94.